The maximum Gasteiger partial charge on any atom is 0.181 e. The summed E-state index contributed by atoms with van der Waals surface area (Å²) in [6.07, 6.45) is 4.42. The van der Waals surface area contributed by atoms with Crippen molar-refractivity contribution in [1.29, 1.82) is 0 Å². The highest BCUT2D eigenvalue weighted by Gasteiger charge is 2.38. The number of nitrogens with zero attached hydrogens (tertiary/aromatic N) is 2. The van der Waals surface area contributed by atoms with Gasteiger partial charge in [0, 0.05) is 18.2 Å². The third-order valence-corrected chi connectivity index (χ3v) is 8.25. The van der Waals surface area contributed by atoms with E-state index in [4.69, 9.17) is 0 Å². The highest BCUT2D eigenvalue weighted by atomic mass is 32.3. The first-order valence-electron chi connectivity index (χ1n) is 7.50. The van der Waals surface area contributed by atoms with Crippen LogP contribution >= 0.6 is 0 Å². The molecule has 1 N–H and O–H groups in total. The second kappa shape index (κ2) is 5.02. The van der Waals surface area contributed by atoms with E-state index in [0.29, 0.717) is 15.9 Å². The molecule has 22 heavy (non-hydrogen) atoms. The number of hydrogen-bond donors (Lipinski definition) is 1. The Morgan fingerprint density at radius 3 is 2.64 bits per heavy atom. The molecule has 0 saturated heterocycles. The van der Waals surface area contributed by atoms with Gasteiger partial charge in [-0.3, -0.25) is 4.21 Å². The molecule has 0 aliphatic carbocycles. The van der Waals surface area contributed by atoms with Crippen LogP contribution in [0.2, 0.25) is 0 Å². The third kappa shape index (κ3) is 2.16. The van der Waals surface area contributed by atoms with Gasteiger partial charge in [0.25, 0.3) is 0 Å². The van der Waals surface area contributed by atoms with Crippen LogP contribution in [0.3, 0.4) is 0 Å². The fraction of sp³-hybridized carbons (Fsp3) is 0.294. The van der Waals surface area contributed by atoms with Crippen LogP contribution in [0, 0.1) is 0 Å². The molecule has 2 aromatic heterocycles. The zero-order chi connectivity index (χ0) is 15.8. The standard InChI is InChI=1S/C17H21N3OS/c1-4-13-9-10-14-15(12-13)20-17(19-14)22(3,21,5-2)16-8-6-7-11-18-16/h6-12H,4-5H2,1-3H3,(H,19,20). The predicted molar refractivity (Wildman–Crippen MR) is 90.8 cm³/mol. The summed E-state index contributed by atoms with van der Waals surface area (Å²) in [5, 5.41) is 1.12. The van der Waals surface area contributed by atoms with Gasteiger partial charge in [-0.25, -0.2) is 9.97 Å². The Bertz CT molecular complexity index is 885. The van der Waals surface area contributed by atoms with Crippen molar-refractivity contribution in [2.24, 2.45) is 0 Å². The molecule has 0 spiro atoms. The number of aryl methyl sites for hydroxylation is 1. The van der Waals surface area contributed by atoms with Gasteiger partial charge in [-0.2, -0.15) is 0 Å². The first-order chi connectivity index (χ1) is 10.5. The van der Waals surface area contributed by atoms with Crippen molar-refractivity contribution < 1.29 is 4.21 Å². The van der Waals surface area contributed by atoms with Crippen molar-refractivity contribution in [1.82, 2.24) is 15.0 Å². The monoisotopic (exact) mass is 315 g/mol. The molecule has 0 amide bonds. The number of H-pyrrole nitrogens is 1. The second-order valence-electron chi connectivity index (χ2n) is 5.74. The van der Waals surface area contributed by atoms with Crippen molar-refractivity contribution in [3.05, 3.63) is 48.2 Å². The van der Waals surface area contributed by atoms with E-state index in [1.807, 2.05) is 31.2 Å². The van der Waals surface area contributed by atoms with Gasteiger partial charge in [-0.15, -0.1) is 0 Å². The average molecular weight is 315 g/mol. The van der Waals surface area contributed by atoms with E-state index in [0.717, 1.165) is 17.5 Å². The SMILES string of the molecule is CCc1ccc2nc(S(C)(=O)(CC)c3ccccn3)[nH]c2c1. The number of benzene rings is 1. The number of fused-ring (bicyclic) bond motifs is 1. The number of nitrogens with one attached hydrogen (secondary N) is 1. The van der Waals surface area contributed by atoms with Crippen LogP contribution in [0.15, 0.2) is 52.8 Å². The maximum absolute atomic E-state index is 13.9. The minimum atomic E-state index is -3.31. The van der Waals surface area contributed by atoms with Crippen molar-refractivity contribution >= 4 is 20.1 Å². The molecule has 0 atom stereocenters. The fourth-order valence-electron chi connectivity index (χ4n) is 2.55. The van der Waals surface area contributed by atoms with E-state index in [-0.39, 0.29) is 0 Å². The van der Waals surface area contributed by atoms with Gasteiger partial charge in [0.15, 0.2) is 5.16 Å². The predicted octanol–water partition coefficient (Wildman–Crippen LogP) is 3.41. The van der Waals surface area contributed by atoms with E-state index >= 15 is 0 Å². The maximum atomic E-state index is 13.9. The first-order valence-corrected chi connectivity index (χ1v) is 10.0. The van der Waals surface area contributed by atoms with Gasteiger partial charge in [0.2, 0.25) is 0 Å². The van der Waals surface area contributed by atoms with Crippen LogP contribution in [-0.2, 0) is 15.5 Å². The average Bonchev–Trinajstić information content (AvgIpc) is 3.00. The van der Waals surface area contributed by atoms with E-state index in [1.54, 1.807) is 12.5 Å². The number of rotatable bonds is 4. The Hall–Kier alpha value is -2.01. The molecule has 5 heteroatoms. The van der Waals surface area contributed by atoms with Crippen LogP contribution < -0.4 is 0 Å². The molecule has 3 rings (SSSR count). The summed E-state index contributed by atoms with van der Waals surface area (Å²) >= 11 is 0. The molecule has 0 radical (unpaired) electrons. The topological polar surface area (TPSA) is 58.6 Å². The molecule has 116 valence electrons. The third-order valence-electron chi connectivity index (χ3n) is 4.32. The smallest absolute Gasteiger partial charge is 0.181 e. The van der Waals surface area contributed by atoms with Crippen LogP contribution in [0.25, 0.3) is 11.0 Å². The molecular formula is C17H21N3OS. The molecular weight excluding hydrogens is 294 g/mol. The quantitative estimate of drug-likeness (QED) is 0.802. The molecule has 0 bridgehead atoms. The van der Waals surface area contributed by atoms with Crippen molar-refractivity contribution in [3.8, 4) is 0 Å². The Labute approximate surface area is 130 Å². The van der Waals surface area contributed by atoms with Crippen LogP contribution in [0.1, 0.15) is 19.4 Å². The summed E-state index contributed by atoms with van der Waals surface area (Å²) in [4.78, 5) is 12.3. The van der Waals surface area contributed by atoms with Gasteiger partial charge in [-0.1, -0.05) is 26.0 Å². The van der Waals surface area contributed by atoms with E-state index in [1.165, 1.54) is 5.56 Å². The zero-order valence-corrected chi connectivity index (χ0v) is 14.0. The summed E-state index contributed by atoms with van der Waals surface area (Å²) in [5.41, 5.74) is 3.01. The normalized spacial score (nSPS) is 13.9. The number of pyridine rings is 1. The molecule has 2 heterocycles. The fourth-order valence-corrected chi connectivity index (χ4v) is 4.80. The number of hydrogen-bond acceptors (Lipinski definition) is 3. The van der Waals surface area contributed by atoms with Gasteiger partial charge in [0.05, 0.1) is 11.0 Å². The summed E-state index contributed by atoms with van der Waals surface area (Å²) < 4.78 is 13.9. The van der Waals surface area contributed by atoms with Crippen molar-refractivity contribution in [3.63, 3.8) is 0 Å². The zero-order valence-electron chi connectivity index (χ0n) is 13.2. The Balaban J connectivity index is 2.25. The largest absolute Gasteiger partial charge is 0.332 e. The Morgan fingerprint density at radius 2 is 2.00 bits per heavy atom. The first kappa shape index (κ1) is 14.9. The lowest BCUT2D eigenvalue weighted by molar-refractivity contribution is 0.648. The molecule has 0 aliphatic heterocycles. The molecule has 0 saturated carbocycles. The van der Waals surface area contributed by atoms with Crippen LogP contribution in [-0.4, -0.2) is 31.2 Å². The van der Waals surface area contributed by atoms with Crippen molar-refractivity contribution in [2.75, 3.05) is 12.0 Å². The van der Waals surface area contributed by atoms with Gasteiger partial charge in [0.1, 0.15) is 5.03 Å². The summed E-state index contributed by atoms with van der Waals surface area (Å²) in [7, 11) is -3.31. The van der Waals surface area contributed by atoms with Crippen molar-refractivity contribution in [2.45, 2.75) is 30.5 Å². The highest BCUT2D eigenvalue weighted by Crippen LogP contribution is 2.38. The number of aromatic amines is 1. The van der Waals surface area contributed by atoms with Gasteiger partial charge >= 0.3 is 0 Å². The summed E-state index contributed by atoms with van der Waals surface area (Å²) in [6, 6.07) is 11.6. The lowest BCUT2D eigenvalue weighted by Crippen LogP contribution is -2.36. The minimum absolute atomic E-state index is 0.467. The number of imidazole rings is 1. The van der Waals surface area contributed by atoms with E-state index in [2.05, 4.69) is 34.0 Å². The molecule has 0 aliphatic rings. The Kier molecular flexibility index (Phi) is 3.40. The molecule has 0 unspecified atom stereocenters. The van der Waals surface area contributed by atoms with E-state index < -0.39 is 9.07 Å². The molecule has 4 nitrogen and oxygen atoms in total. The molecule has 0 fully saturated rings. The van der Waals surface area contributed by atoms with E-state index in [9.17, 15) is 4.21 Å². The molecule has 1 aromatic carbocycles. The summed E-state index contributed by atoms with van der Waals surface area (Å²) in [6.45, 7) is 4.04. The summed E-state index contributed by atoms with van der Waals surface area (Å²) in [5.74, 6) is 0.467. The van der Waals surface area contributed by atoms with Gasteiger partial charge in [-0.05, 0) is 45.3 Å². The number of aromatic nitrogens is 3. The Morgan fingerprint density at radius 1 is 1.18 bits per heavy atom. The lowest BCUT2D eigenvalue weighted by Gasteiger charge is -2.34. The minimum Gasteiger partial charge on any atom is -0.332 e. The second-order valence-corrected chi connectivity index (χ2v) is 10.2. The lowest BCUT2D eigenvalue weighted by atomic mass is 10.1. The van der Waals surface area contributed by atoms with Gasteiger partial charge < -0.3 is 4.98 Å². The van der Waals surface area contributed by atoms with Crippen LogP contribution in [0.5, 0.6) is 0 Å². The molecule has 3 aromatic rings. The van der Waals surface area contributed by atoms with Crippen LogP contribution in [0.4, 0.5) is 0 Å². The highest BCUT2D eigenvalue weighted by molar-refractivity contribution is 8.19.